The molecule has 0 spiro atoms. The number of benzene rings is 1. The Kier molecular flexibility index (Phi) is 1.81. The van der Waals surface area contributed by atoms with Crippen molar-refractivity contribution >= 4 is 5.76 Å². The molecule has 58 valence electrons. The molecular weight excluding hydrogens is 147 g/mol. The summed E-state index contributed by atoms with van der Waals surface area (Å²) in [6.07, 6.45) is 0. The van der Waals surface area contributed by atoms with Gasteiger partial charge in [0.15, 0.2) is 0 Å². The zero-order valence-electron chi connectivity index (χ0n) is 5.71. The van der Waals surface area contributed by atoms with Gasteiger partial charge in [0.05, 0.1) is 5.56 Å². The van der Waals surface area contributed by atoms with E-state index in [1.807, 2.05) is 0 Å². The molecule has 2 N–H and O–H groups in total. The highest BCUT2D eigenvalue weighted by Gasteiger charge is 2.04. The van der Waals surface area contributed by atoms with E-state index in [4.69, 9.17) is 10.2 Å². The summed E-state index contributed by atoms with van der Waals surface area (Å²) in [7, 11) is 0. The Balaban J connectivity index is 3.23. The quantitative estimate of drug-likeness (QED) is 0.608. The molecular formula is C8H7FO2. The van der Waals surface area contributed by atoms with Gasteiger partial charge in [0.2, 0.25) is 0 Å². The third-order valence-electron chi connectivity index (χ3n) is 1.27. The topological polar surface area (TPSA) is 40.5 Å². The van der Waals surface area contributed by atoms with E-state index in [1.165, 1.54) is 0 Å². The Hall–Kier alpha value is -1.51. The lowest BCUT2D eigenvalue weighted by Gasteiger charge is -2.00. The van der Waals surface area contributed by atoms with E-state index in [1.54, 1.807) is 0 Å². The molecule has 0 amide bonds. The van der Waals surface area contributed by atoms with Crippen LogP contribution in [0.5, 0.6) is 5.75 Å². The van der Waals surface area contributed by atoms with Crippen LogP contribution in [0.4, 0.5) is 4.39 Å². The van der Waals surface area contributed by atoms with Crippen LogP contribution < -0.4 is 0 Å². The number of hydrogen-bond donors (Lipinski definition) is 2. The average molecular weight is 154 g/mol. The van der Waals surface area contributed by atoms with Gasteiger partial charge in [-0.2, -0.15) is 0 Å². The normalized spacial score (nSPS) is 9.55. The summed E-state index contributed by atoms with van der Waals surface area (Å²) in [5.74, 6) is -1.05. The van der Waals surface area contributed by atoms with Gasteiger partial charge in [0.1, 0.15) is 17.3 Å². The number of hydrogen-bond acceptors (Lipinski definition) is 2. The van der Waals surface area contributed by atoms with E-state index in [0.717, 1.165) is 18.2 Å². The minimum Gasteiger partial charge on any atom is -0.508 e. The lowest BCUT2D eigenvalue weighted by molar-refractivity contribution is 0.458. The molecule has 1 aromatic rings. The van der Waals surface area contributed by atoms with E-state index in [2.05, 4.69) is 6.58 Å². The number of aliphatic hydroxyl groups is 1. The Morgan fingerprint density at radius 1 is 1.45 bits per heavy atom. The first-order valence-corrected chi connectivity index (χ1v) is 2.98. The first-order chi connectivity index (χ1) is 5.11. The number of phenols is 1. The molecule has 0 fully saturated rings. The molecule has 0 unspecified atom stereocenters. The number of aliphatic hydroxyl groups excluding tert-OH is 1. The lowest BCUT2D eigenvalue weighted by atomic mass is 10.2. The molecule has 0 aromatic heterocycles. The van der Waals surface area contributed by atoms with E-state index in [9.17, 15) is 4.39 Å². The van der Waals surface area contributed by atoms with Crippen LogP contribution >= 0.6 is 0 Å². The van der Waals surface area contributed by atoms with Crippen molar-refractivity contribution in [3.05, 3.63) is 36.2 Å². The summed E-state index contributed by atoms with van der Waals surface area (Å²) in [4.78, 5) is 0. The van der Waals surface area contributed by atoms with Crippen LogP contribution in [-0.4, -0.2) is 10.2 Å². The van der Waals surface area contributed by atoms with E-state index >= 15 is 0 Å². The number of phenolic OH excluding ortho intramolecular Hbond substituents is 1. The monoisotopic (exact) mass is 154 g/mol. The molecule has 0 heterocycles. The summed E-state index contributed by atoms with van der Waals surface area (Å²) >= 11 is 0. The maximum Gasteiger partial charge on any atom is 0.126 e. The molecule has 11 heavy (non-hydrogen) atoms. The van der Waals surface area contributed by atoms with Crippen LogP contribution in [0, 0.1) is 5.82 Å². The summed E-state index contributed by atoms with van der Waals surface area (Å²) < 4.78 is 12.4. The largest absolute Gasteiger partial charge is 0.508 e. The Morgan fingerprint density at radius 2 is 2.09 bits per heavy atom. The van der Waals surface area contributed by atoms with Crippen molar-refractivity contribution in [3.63, 3.8) is 0 Å². The molecule has 1 rings (SSSR count). The standard InChI is InChI=1S/C8H7FO2/c1-5(10)7-4-6(9)2-3-8(7)11/h2-4,10-11H,1H2. The lowest BCUT2D eigenvalue weighted by Crippen LogP contribution is -1.83. The summed E-state index contributed by atoms with van der Waals surface area (Å²) in [5, 5.41) is 17.8. The summed E-state index contributed by atoms with van der Waals surface area (Å²) in [5.41, 5.74) is 0.0185. The van der Waals surface area contributed by atoms with E-state index in [0.29, 0.717) is 0 Å². The van der Waals surface area contributed by atoms with Crippen molar-refractivity contribution in [2.45, 2.75) is 0 Å². The van der Waals surface area contributed by atoms with Gasteiger partial charge in [-0.3, -0.25) is 0 Å². The summed E-state index contributed by atoms with van der Waals surface area (Å²) in [6.45, 7) is 3.16. The number of halogens is 1. The van der Waals surface area contributed by atoms with Crippen molar-refractivity contribution in [2.75, 3.05) is 0 Å². The fourth-order valence-corrected chi connectivity index (χ4v) is 0.739. The number of rotatable bonds is 1. The van der Waals surface area contributed by atoms with Gasteiger partial charge in [-0.25, -0.2) is 4.39 Å². The van der Waals surface area contributed by atoms with Crippen LogP contribution in [-0.2, 0) is 0 Å². The second-order valence-corrected chi connectivity index (χ2v) is 2.11. The van der Waals surface area contributed by atoms with Crippen molar-refractivity contribution in [1.82, 2.24) is 0 Å². The molecule has 0 saturated carbocycles. The van der Waals surface area contributed by atoms with E-state index in [-0.39, 0.29) is 17.1 Å². The second-order valence-electron chi connectivity index (χ2n) is 2.11. The third kappa shape index (κ3) is 1.49. The molecule has 0 aliphatic heterocycles. The molecule has 1 aromatic carbocycles. The fraction of sp³-hybridized carbons (Fsp3) is 0. The van der Waals surface area contributed by atoms with Crippen molar-refractivity contribution < 1.29 is 14.6 Å². The smallest absolute Gasteiger partial charge is 0.126 e. The van der Waals surface area contributed by atoms with Crippen LogP contribution in [0.1, 0.15) is 5.56 Å². The molecule has 0 aliphatic carbocycles. The predicted octanol–water partition coefficient (Wildman–Crippen LogP) is 2.06. The fourth-order valence-electron chi connectivity index (χ4n) is 0.739. The molecule has 2 nitrogen and oxygen atoms in total. The maximum atomic E-state index is 12.4. The van der Waals surface area contributed by atoms with Gasteiger partial charge < -0.3 is 10.2 Å². The van der Waals surface area contributed by atoms with Gasteiger partial charge in [-0.05, 0) is 18.2 Å². The minimum atomic E-state index is -0.520. The first-order valence-electron chi connectivity index (χ1n) is 2.98. The molecule has 0 atom stereocenters. The van der Waals surface area contributed by atoms with Crippen LogP contribution in [0.3, 0.4) is 0 Å². The highest BCUT2D eigenvalue weighted by atomic mass is 19.1. The highest BCUT2D eigenvalue weighted by molar-refractivity contribution is 5.62. The second kappa shape index (κ2) is 2.62. The molecule has 0 saturated heterocycles. The number of aromatic hydroxyl groups is 1. The molecule has 3 heteroatoms. The van der Waals surface area contributed by atoms with Crippen LogP contribution in [0.2, 0.25) is 0 Å². The molecule has 0 radical (unpaired) electrons. The van der Waals surface area contributed by atoms with Gasteiger partial charge in [0, 0.05) is 0 Å². The Bertz CT molecular complexity index is 294. The Morgan fingerprint density at radius 3 is 2.55 bits per heavy atom. The van der Waals surface area contributed by atoms with Crippen molar-refractivity contribution in [1.29, 1.82) is 0 Å². The molecule has 0 bridgehead atoms. The summed E-state index contributed by atoms with van der Waals surface area (Å²) in [6, 6.07) is 3.27. The van der Waals surface area contributed by atoms with Gasteiger partial charge in [-0.15, -0.1) is 0 Å². The van der Waals surface area contributed by atoms with Gasteiger partial charge in [0.25, 0.3) is 0 Å². The zero-order valence-corrected chi connectivity index (χ0v) is 5.71. The first kappa shape index (κ1) is 7.60. The Labute approximate surface area is 63.2 Å². The van der Waals surface area contributed by atoms with Gasteiger partial charge >= 0.3 is 0 Å². The maximum absolute atomic E-state index is 12.4. The SMILES string of the molecule is C=C(O)c1cc(F)ccc1O. The molecule has 0 aliphatic rings. The van der Waals surface area contributed by atoms with E-state index < -0.39 is 5.82 Å². The van der Waals surface area contributed by atoms with Crippen LogP contribution in [0.15, 0.2) is 24.8 Å². The third-order valence-corrected chi connectivity index (χ3v) is 1.27. The van der Waals surface area contributed by atoms with Crippen molar-refractivity contribution in [2.24, 2.45) is 0 Å². The highest BCUT2D eigenvalue weighted by Crippen LogP contribution is 2.22. The van der Waals surface area contributed by atoms with Gasteiger partial charge in [-0.1, -0.05) is 6.58 Å². The van der Waals surface area contributed by atoms with Crippen LogP contribution in [0.25, 0.3) is 5.76 Å². The minimum absolute atomic E-state index is 0.0185. The zero-order chi connectivity index (χ0) is 8.43. The average Bonchev–Trinajstić information content (AvgIpc) is 1.94. The predicted molar refractivity (Wildman–Crippen MR) is 39.7 cm³/mol. The van der Waals surface area contributed by atoms with Crippen molar-refractivity contribution in [3.8, 4) is 5.75 Å².